The number of hydrogen-bond acceptors (Lipinski definition) is 5. The van der Waals surface area contributed by atoms with Crippen molar-refractivity contribution in [3.63, 3.8) is 0 Å². The number of nitrogens with one attached hydrogen (secondary N) is 2. The van der Waals surface area contributed by atoms with E-state index in [1.165, 1.54) is 7.11 Å². The van der Waals surface area contributed by atoms with Crippen LogP contribution < -0.4 is 20.1 Å². The standard InChI is InChI=1S/C21H35N3O4/c1-6-24(7-2)12-8-11-22-20(25)13-16(3)14-21(26)23-18-10-9-17(27-4)15-19(18)28-5/h9-10,15-16H,6-8,11-14H2,1-5H3,(H,22,25)(H,23,26)/t16-/m1/s1. The second-order valence-corrected chi connectivity index (χ2v) is 6.86. The molecule has 7 nitrogen and oxygen atoms in total. The van der Waals surface area contributed by atoms with Gasteiger partial charge in [0.2, 0.25) is 11.8 Å². The van der Waals surface area contributed by atoms with Gasteiger partial charge >= 0.3 is 0 Å². The molecule has 0 saturated heterocycles. The number of rotatable bonds is 13. The number of nitrogens with zero attached hydrogens (tertiary/aromatic N) is 1. The summed E-state index contributed by atoms with van der Waals surface area (Å²) in [6, 6.07) is 5.21. The van der Waals surface area contributed by atoms with Gasteiger partial charge in [-0.15, -0.1) is 0 Å². The molecule has 158 valence electrons. The smallest absolute Gasteiger partial charge is 0.224 e. The first-order chi connectivity index (χ1) is 13.4. The third-order valence-electron chi connectivity index (χ3n) is 4.62. The van der Waals surface area contributed by atoms with Crippen molar-refractivity contribution >= 4 is 17.5 Å². The maximum Gasteiger partial charge on any atom is 0.224 e. The van der Waals surface area contributed by atoms with Crippen LogP contribution in [0.3, 0.4) is 0 Å². The number of anilines is 1. The van der Waals surface area contributed by atoms with E-state index in [0.717, 1.165) is 26.1 Å². The molecule has 0 aliphatic carbocycles. The highest BCUT2D eigenvalue weighted by molar-refractivity contribution is 5.92. The quantitative estimate of drug-likeness (QED) is 0.504. The van der Waals surface area contributed by atoms with Crippen molar-refractivity contribution in [2.24, 2.45) is 5.92 Å². The first kappa shape index (κ1) is 23.8. The van der Waals surface area contributed by atoms with Gasteiger partial charge in [0.05, 0.1) is 19.9 Å². The highest BCUT2D eigenvalue weighted by Gasteiger charge is 2.15. The number of carbonyl (C=O) groups excluding carboxylic acids is 2. The Balaban J connectivity index is 2.37. The second kappa shape index (κ2) is 13.0. The number of benzene rings is 1. The van der Waals surface area contributed by atoms with E-state index >= 15 is 0 Å². The van der Waals surface area contributed by atoms with Crippen LogP contribution in [0.15, 0.2) is 18.2 Å². The van der Waals surface area contributed by atoms with Gasteiger partial charge < -0.3 is 25.0 Å². The maximum atomic E-state index is 12.3. The van der Waals surface area contributed by atoms with E-state index in [2.05, 4.69) is 29.4 Å². The molecular weight excluding hydrogens is 358 g/mol. The average Bonchev–Trinajstić information content (AvgIpc) is 2.68. The van der Waals surface area contributed by atoms with Crippen LogP contribution in [-0.4, -0.2) is 57.1 Å². The Bertz CT molecular complexity index is 618. The normalized spacial score (nSPS) is 11.8. The first-order valence-electron chi connectivity index (χ1n) is 9.94. The van der Waals surface area contributed by atoms with Crippen LogP contribution in [0.5, 0.6) is 11.5 Å². The largest absolute Gasteiger partial charge is 0.497 e. The summed E-state index contributed by atoms with van der Waals surface area (Å²) < 4.78 is 10.4. The van der Waals surface area contributed by atoms with Gasteiger partial charge in [-0.25, -0.2) is 0 Å². The van der Waals surface area contributed by atoms with Crippen molar-refractivity contribution in [1.29, 1.82) is 0 Å². The molecule has 0 saturated carbocycles. The molecule has 28 heavy (non-hydrogen) atoms. The van der Waals surface area contributed by atoms with E-state index < -0.39 is 0 Å². The Kier molecular flexibility index (Phi) is 11.0. The summed E-state index contributed by atoms with van der Waals surface area (Å²) in [5.74, 6) is 0.978. The van der Waals surface area contributed by atoms with E-state index in [0.29, 0.717) is 30.2 Å². The van der Waals surface area contributed by atoms with Crippen molar-refractivity contribution < 1.29 is 19.1 Å². The fraction of sp³-hybridized carbons (Fsp3) is 0.619. The molecule has 0 spiro atoms. The summed E-state index contributed by atoms with van der Waals surface area (Å²) >= 11 is 0. The maximum absolute atomic E-state index is 12.3. The van der Waals surface area contributed by atoms with Gasteiger partial charge in [-0.3, -0.25) is 9.59 Å². The molecule has 1 rings (SSSR count). The van der Waals surface area contributed by atoms with E-state index in [1.54, 1.807) is 25.3 Å². The molecule has 2 N–H and O–H groups in total. The van der Waals surface area contributed by atoms with Crippen molar-refractivity contribution in [2.75, 3.05) is 45.7 Å². The molecule has 1 atom stereocenters. The van der Waals surface area contributed by atoms with Gasteiger partial charge in [0.25, 0.3) is 0 Å². The number of ether oxygens (including phenoxy) is 2. The fourth-order valence-corrected chi connectivity index (χ4v) is 2.95. The Labute approximate surface area is 168 Å². The molecule has 0 heterocycles. The summed E-state index contributed by atoms with van der Waals surface area (Å²) in [6.07, 6.45) is 1.53. The SMILES string of the molecule is CCN(CC)CCCNC(=O)C[C@@H](C)CC(=O)Nc1ccc(OC)cc1OC. The monoisotopic (exact) mass is 393 g/mol. The Morgan fingerprint density at radius 1 is 1.07 bits per heavy atom. The Hall–Kier alpha value is -2.28. The lowest BCUT2D eigenvalue weighted by atomic mass is 10.0. The van der Waals surface area contributed by atoms with Crippen molar-refractivity contribution in [1.82, 2.24) is 10.2 Å². The van der Waals surface area contributed by atoms with E-state index in [-0.39, 0.29) is 24.2 Å². The third kappa shape index (κ3) is 8.61. The Morgan fingerprint density at radius 2 is 1.75 bits per heavy atom. The molecular formula is C21H35N3O4. The van der Waals surface area contributed by atoms with E-state index in [4.69, 9.17) is 9.47 Å². The minimum atomic E-state index is -0.148. The van der Waals surface area contributed by atoms with Gasteiger partial charge in [0.1, 0.15) is 11.5 Å². The van der Waals surface area contributed by atoms with Gasteiger partial charge in [0, 0.05) is 25.5 Å². The molecule has 0 aliphatic heterocycles. The summed E-state index contributed by atoms with van der Waals surface area (Å²) in [5.41, 5.74) is 0.585. The lowest BCUT2D eigenvalue weighted by Gasteiger charge is -2.18. The zero-order chi connectivity index (χ0) is 20.9. The molecule has 0 aromatic heterocycles. The summed E-state index contributed by atoms with van der Waals surface area (Å²) in [7, 11) is 3.11. The van der Waals surface area contributed by atoms with Gasteiger partial charge in [0.15, 0.2) is 0 Å². The highest BCUT2D eigenvalue weighted by atomic mass is 16.5. The third-order valence-corrected chi connectivity index (χ3v) is 4.62. The van der Waals surface area contributed by atoms with Gasteiger partial charge in [-0.2, -0.15) is 0 Å². The molecule has 0 aliphatic rings. The summed E-state index contributed by atoms with van der Waals surface area (Å²) in [4.78, 5) is 26.7. The van der Waals surface area contributed by atoms with Crippen LogP contribution in [0.4, 0.5) is 5.69 Å². The first-order valence-corrected chi connectivity index (χ1v) is 9.94. The topological polar surface area (TPSA) is 79.9 Å². The predicted molar refractivity (Wildman–Crippen MR) is 112 cm³/mol. The molecule has 7 heteroatoms. The lowest BCUT2D eigenvalue weighted by molar-refractivity contribution is -0.122. The van der Waals surface area contributed by atoms with Gasteiger partial charge in [-0.1, -0.05) is 20.8 Å². The van der Waals surface area contributed by atoms with Crippen molar-refractivity contribution in [3.8, 4) is 11.5 Å². The predicted octanol–water partition coefficient (Wildman–Crippen LogP) is 2.91. The Morgan fingerprint density at radius 3 is 2.36 bits per heavy atom. The van der Waals surface area contributed by atoms with E-state index in [1.807, 2.05) is 6.92 Å². The number of methoxy groups -OCH3 is 2. The number of hydrogen-bond donors (Lipinski definition) is 2. The number of amides is 2. The lowest BCUT2D eigenvalue weighted by Crippen LogP contribution is -2.31. The highest BCUT2D eigenvalue weighted by Crippen LogP contribution is 2.29. The van der Waals surface area contributed by atoms with Crippen molar-refractivity contribution in [2.45, 2.75) is 40.0 Å². The fourth-order valence-electron chi connectivity index (χ4n) is 2.95. The van der Waals surface area contributed by atoms with E-state index in [9.17, 15) is 9.59 Å². The van der Waals surface area contributed by atoms with Crippen LogP contribution >= 0.6 is 0 Å². The molecule has 0 unspecified atom stereocenters. The molecule has 0 radical (unpaired) electrons. The van der Waals surface area contributed by atoms with Crippen LogP contribution in [0.2, 0.25) is 0 Å². The summed E-state index contributed by atoms with van der Waals surface area (Å²) in [6.45, 7) is 9.87. The molecule has 1 aromatic rings. The zero-order valence-electron chi connectivity index (χ0n) is 17.8. The molecule has 1 aromatic carbocycles. The van der Waals surface area contributed by atoms with Gasteiger partial charge in [-0.05, 0) is 44.1 Å². The second-order valence-electron chi connectivity index (χ2n) is 6.86. The zero-order valence-corrected chi connectivity index (χ0v) is 17.8. The van der Waals surface area contributed by atoms with Crippen molar-refractivity contribution in [3.05, 3.63) is 18.2 Å². The minimum absolute atomic E-state index is 0.0122. The minimum Gasteiger partial charge on any atom is -0.497 e. The molecule has 0 fully saturated rings. The van der Waals surface area contributed by atoms with Crippen LogP contribution in [0, 0.1) is 5.92 Å². The summed E-state index contributed by atoms with van der Waals surface area (Å²) in [5, 5.41) is 5.78. The molecule has 2 amide bonds. The van der Waals surface area contributed by atoms with Crippen LogP contribution in [0.25, 0.3) is 0 Å². The average molecular weight is 394 g/mol. The van der Waals surface area contributed by atoms with Crippen LogP contribution in [-0.2, 0) is 9.59 Å². The number of carbonyl (C=O) groups is 2. The molecule has 0 bridgehead atoms. The van der Waals surface area contributed by atoms with Crippen LogP contribution in [0.1, 0.15) is 40.0 Å².